The highest BCUT2D eigenvalue weighted by Gasteiger charge is 2.53. The Morgan fingerprint density at radius 2 is 1.80 bits per heavy atom. The summed E-state index contributed by atoms with van der Waals surface area (Å²) >= 11 is 0. The molecular weight excluding hydrogens is 350 g/mol. The molecule has 2 rings (SSSR count). The predicted molar refractivity (Wildman–Crippen MR) is 87.6 cm³/mol. The molecule has 1 aromatic carbocycles. The summed E-state index contributed by atoms with van der Waals surface area (Å²) in [5.41, 5.74) is -0.203. The van der Waals surface area contributed by atoms with Crippen molar-refractivity contribution < 1.29 is 31.7 Å². The molecule has 0 saturated carbocycles. The minimum absolute atomic E-state index is 0.0505. The van der Waals surface area contributed by atoms with Gasteiger partial charge in [-0.15, -0.1) is 0 Å². The Bertz CT molecular complexity index is 739. The van der Waals surface area contributed by atoms with Crippen molar-refractivity contribution in [3.63, 3.8) is 0 Å². The highest BCUT2D eigenvalue weighted by atomic mass is 32.2. The molecule has 1 fully saturated rings. The fourth-order valence-corrected chi connectivity index (χ4v) is 3.57. The lowest BCUT2D eigenvalue weighted by Crippen LogP contribution is -2.48. The lowest BCUT2D eigenvalue weighted by molar-refractivity contribution is -0.150. The summed E-state index contributed by atoms with van der Waals surface area (Å²) in [4.78, 5) is 24.6. The average molecular weight is 371 g/mol. The number of carbonyl (C=O) groups excluding carboxylic acids is 2. The van der Waals surface area contributed by atoms with E-state index in [2.05, 4.69) is 0 Å². The third-order valence-corrected chi connectivity index (χ3v) is 4.66. The van der Waals surface area contributed by atoms with Crippen molar-refractivity contribution in [2.45, 2.75) is 52.0 Å². The van der Waals surface area contributed by atoms with Crippen LogP contribution < -0.4 is 0 Å². The van der Waals surface area contributed by atoms with Crippen LogP contribution in [0.5, 0.6) is 0 Å². The third-order valence-electron chi connectivity index (χ3n) is 3.25. The standard InChI is InChI=1S/C16H21NO7S/c1-11-13(14(18)22-10-12-8-6-5-7-9-12)17(25(20,21)24-11)15(19)23-16(2,3)4/h5-9,11,13H,10H2,1-4H3/t11-,13-/m0/s1. The quantitative estimate of drug-likeness (QED) is 0.749. The van der Waals surface area contributed by atoms with E-state index in [-0.39, 0.29) is 6.61 Å². The first-order valence-corrected chi connectivity index (χ1v) is 9.04. The lowest BCUT2D eigenvalue weighted by Gasteiger charge is -2.25. The number of hydrogen-bond acceptors (Lipinski definition) is 7. The number of nitrogens with zero attached hydrogens (tertiary/aromatic N) is 1. The number of ether oxygens (including phenoxy) is 2. The van der Waals surface area contributed by atoms with Gasteiger partial charge in [0, 0.05) is 0 Å². The number of carbonyl (C=O) groups is 2. The highest BCUT2D eigenvalue weighted by Crippen LogP contribution is 2.28. The molecule has 9 heteroatoms. The van der Waals surface area contributed by atoms with Crippen LogP contribution in [0.25, 0.3) is 0 Å². The Kier molecular flexibility index (Phi) is 5.38. The van der Waals surface area contributed by atoms with E-state index in [1.807, 2.05) is 6.07 Å². The predicted octanol–water partition coefficient (Wildman–Crippen LogP) is 2.00. The van der Waals surface area contributed by atoms with Gasteiger partial charge in [0.1, 0.15) is 18.3 Å². The van der Waals surface area contributed by atoms with Gasteiger partial charge in [-0.25, -0.2) is 13.8 Å². The number of amides is 1. The molecule has 0 unspecified atom stereocenters. The van der Waals surface area contributed by atoms with Gasteiger partial charge in [-0.2, -0.15) is 12.7 Å². The SMILES string of the molecule is C[C@@H]1OS(=O)(=O)N(C(=O)OC(C)(C)C)[C@@H]1C(=O)OCc1ccccc1. The second-order valence-corrected chi connectivity index (χ2v) is 8.01. The van der Waals surface area contributed by atoms with Gasteiger partial charge in [-0.3, -0.25) is 0 Å². The van der Waals surface area contributed by atoms with E-state index in [4.69, 9.17) is 13.7 Å². The van der Waals surface area contributed by atoms with Gasteiger partial charge < -0.3 is 9.47 Å². The van der Waals surface area contributed by atoms with Crippen molar-refractivity contribution in [3.05, 3.63) is 35.9 Å². The van der Waals surface area contributed by atoms with Crippen LogP contribution in [-0.4, -0.2) is 42.5 Å². The van der Waals surface area contributed by atoms with E-state index in [0.29, 0.717) is 4.31 Å². The molecule has 1 aliphatic rings. The molecule has 1 aliphatic heterocycles. The van der Waals surface area contributed by atoms with Gasteiger partial charge in [0.25, 0.3) is 0 Å². The van der Waals surface area contributed by atoms with Crippen LogP contribution in [0.1, 0.15) is 33.3 Å². The van der Waals surface area contributed by atoms with Crippen LogP contribution in [0, 0.1) is 0 Å². The van der Waals surface area contributed by atoms with E-state index < -0.39 is 40.1 Å². The molecular formula is C16H21NO7S. The van der Waals surface area contributed by atoms with Crippen molar-refractivity contribution >= 4 is 22.4 Å². The second kappa shape index (κ2) is 7.01. The van der Waals surface area contributed by atoms with E-state index >= 15 is 0 Å². The summed E-state index contributed by atoms with van der Waals surface area (Å²) < 4.78 is 39.5. The second-order valence-electron chi connectivity index (χ2n) is 6.57. The molecule has 0 aromatic heterocycles. The fraction of sp³-hybridized carbons (Fsp3) is 0.500. The summed E-state index contributed by atoms with van der Waals surface area (Å²) in [5.74, 6) is -0.886. The van der Waals surface area contributed by atoms with Crippen LogP contribution in [0.3, 0.4) is 0 Å². The fourth-order valence-electron chi connectivity index (χ4n) is 2.23. The number of benzene rings is 1. The smallest absolute Gasteiger partial charge is 0.426 e. The Labute approximate surface area is 146 Å². The first kappa shape index (κ1) is 19.2. The Morgan fingerprint density at radius 1 is 1.20 bits per heavy atom. The summed E-state index contributed by atoms with van der Waals surface area (Å²) in [7, 11) is -4.43. The molecule has 1 aromatic rings. The largest absolute Gasteiger partial charge is 0.459 e. The molecule has 1 heterocycles. The van der Waals surface area contributed by atoms with Gasteiger partial charge in [-0.05, 0) is 33.3 Å². The Balaban J connectivity index is 2.17. The van der Waals surface area contributed by atoms with E-state index in [9.17, 15) is 18.0 Å². The zero-order valence-corrected chi connectivity index (χ0v) is 15.3. The first-order valence-electron chi connectivity index (χ1n) is 7.67. The van der Waals surface area contributed by atoms with E-state index in [1.165, 1.54) is 6.92 Å². The lowest BCUT2D eigenvalue weighted by atomic mass is 10.2. The topological polar surface area (TPSA) is 99.2 Å². The monoisotopic (exact) mass is 371 g/mol. The maximum absolute atomic E-state index is 12.4. The molecule has 25 heavy (non-hydrogen) atoms. The molecule has 0 radical (unpaired) electrons. The van der Waals surface area contributed by atoms with E-state index in [0.717, 1.165) is 5.56 Å². The van der Waals surface area contributed by atoms with Gasteiger partial charge in [0.05, 0.1) is 0 Å². The molecule has 138 valence electrons. The highest BCUT2D eigenvalue weighted by molar-refractivity contribution is 7.85. The van der Waals surface area contributed by atoms with Crippen LogP contribution in [-0.2, 0) is 35.4 Å². The van der Waals surface area contributed by atoms with Crippen molar-refractivity contribution in [1.82, 2.24) is 4.31 Å². The van der Waals surface area contributed by atoms with Gasteiger partial charge in [-0.1, -0.05) is 30.3 Å². The number of hydrogen-bond donors (Lipinski definition) is 0. The van der Waals surface area contributed by atoms with E-state index in [1.54, 1.807) is 45.0 Å². The molecule has 2 atom stereocenters. The van der Waals surface area contributed by atoms with Crippen molar-refractivity contribution in [1.29, 1.82) is 0 Å². The first-order chi connectivity index (χ1) is 11.5. The normalized spacial score (nSPS) is 22.5. The average Bonchev–Trinajstić information content (AvgIpc) is 2.73. The van der Waals surface area contributed by atoms with Crippen LogP contribution >= 0.6 is 0 Å². The summed E-state index contributed by atoms with van der Waals surface area (Å²) in [5, 5.41) is 0. The van der Waals surface area contributed by atoms with Gasteiger partial charge in [0.2, 0.25) is 0 Å². The van der Waals surface area contributed by atoms with Gasteiger partial charge >= 0.3 is 22.4 Å². The van der Waals surface area contributed by atoms with Crippen LogP contribution in [0.2, 0.25) is 0 Å². The van der Waals surface area contributed by atoms with Crippen molar-refractivity contribution in [2.24, 2.45) is 0 Å². The molecule has 8 nitrogen and oxygen atoms in total. The molecule has 0 N–H and O–H groups in total. The zero-order valence-electron chi connectivity index (χ0n) is 14.5. The third kappa shape index (κ3) is 4.70. The van der Waals surface area contributed by atoms with Crippen LogP contribution in [0.15, 0.2) is 30.3 Å². The Hall–Kier alpha value is -2.13. The summed E-state index contributed by atoms with van der Waals surface area (Å²) in [6.07, 6.45) is -2.26. The maximum atomic E-state index is 12.4. The number of rotatable bonds is 3. The Morgan fingerprint density at radius 3 is 2.36 bits per heavy atom. The van der Waals surface area contributed by atoms with Gasteiger partial charge in [0.15, 0.2) is 6.04 Å². The maximum Gasteiger partial charge on any atom is 0.426 e. The summed E-state index contributed by atoms with van der Waals surface area (Å²) in [6.45, 7) is 6.07. The molecule has 0 aliphatic carbocycles. The number of esters is 1. The molecule has 0 spiro atoms. The molecule has 1 saturated heterocycles. The van der Waals surface area contributed by atoms with Crippen molar-refractivity contribution in [2.75, 3.05) is 0 Å². The molecule has 0 bridgehead atoms. The molecule has 1 amide bonds. The zero-order chi connectivity index (χ0) is 18.8. The minimum atomic E-state index is -4.43. The minimum Gasteiger partial charge on any atom is -0.459 e. The van der Waals surface area contributed by atoms with Crippen LogP contribution in [0.4, 0.5) is 4.79 Å². The van der Waals surface area contributed by atoms with Crippen molar-refractivity contribution in [3.8, 4) is 0 Å². The summed E-state index contributed by atoms with van der Waals surface area (Å²) in [6, 6.07) is 7.44.